The SMILES string of the molecule is CCC1(CNC(=NC)NCc2ccn(-c3ccc(OC)cc3)n2)CCC1.I. The molecular formula is C20H30IN5O. The molecule has 1 heterocycles. The first kappa shape index (κ1) is 21.5. The number of guanidine groups is 1. The van der Waals surface area contributed by atoms with E-state index in [0.717, 1.165) is 29.6 Å². The van der Waals surface area contributed by atoms with Crippen molar-refractivity contribution in [3.05, 3.63) is 42.2 Å². The van der Waals surface area contributed by atoms with Crippen LogP contribution in [0.3, 0.4) is 0 Å². The highest BCUT2D eigenvalue weighted by atomic mass is 127. The third-order valence-corrected chi connectivity index (χ3v) is 5.44. The second-order valence-electron chi connectivity index (χ2n) is 6.94. The van der Waals surface area contributed by atoms with Gasteiger partial charge in [-0.15, -0.1) is 24.0 Å². The molecule has 3 rings (SSSR count). The number of methoxy groups -OCH3 is 1. The number of benzene rings is 1. The van der Waals surface area contributed by atoms with Crippen LogP contribution in [-0.4, -0.2) is 36.4 Å². The summed E-state index contributed by atoms with van der Waals surface area (Å²) in [6.07, 6.45) is 7.18. The molecule has 0 amide bonds. The second-order valence-corrected chi connectivity index (χ2v) is 6.94. The van der Waals surface area contributed by atoms with Gasteiger partial charge >= 0.3 is 0 Å². The third-order valence-electron chi connectivity index (χ3n) is 5.44. The van der Waals surface area contributed by atoms with Crippen LogP contribution in [-0.2, 0) is 6.54 Å². The summed E-state index contributed by atoms with van der Waals surface area (Å²) >= 11 is 0. The van der Waals surface area contributed by atoms with Gasteiger partial charge in [-0.1, -0.05) is 13.3 Å². The molecule has 6 nitrogen and oxygen atoms in total. The van der Waals surface area contributed by atoms with Crippen LogP contribution in [0.1, 0.15) is 38.3 Å². The van der Waals surface area contributed by atoms with E-state index in [0.29, 0.717) is 12.0 Å². The lowest BCUT2D eigenvalue weighted by molar-refractivity contribution is 0.131. The Hall–Kier alpha value is -1.77. The molecule has 0 bridgehead atoms. The molecule has 148 valence electrons. The Morgan fingerprint density at radius 1 is 1.22 bits per heavy atom. The standard InChI is InChI=1S/C20H29N5O.HI/c1-4-20(11-5-12-20)15-23-19(21-2)22-14-16-10-13-25(24-16)17-6-8-18(26-3)9-7-17;/h6-10,13H,4-5,11-12,14-15H2,1-3H3,(H2,21,22,23);1H. The summed E-state index contributed by atoms with van der Waals surface area (Å²) in [5, 5.41) is 11.5. The lowest BCUT2D eigenvalue weighted by atomic mass is 9.67. The number of aromatic nitrogens is 2. The Morgan fingerprint density at radius 2 is 1.96 bits per heavy atom. The molecule has 1 saturated carbocycles. The normalized spacial score (nSPS) is 15.4. The zero-order valence-electron chi connectivity index (χ0n) is 16.4. The first-order chi connectivity index (χ1) is 12.7. The molecule has 2 N–H and O–H groups in total. The van der Waals surface area contributed by atoms with E-state index in [1.165, 1.54) is 25.7 Å². The molecule has 27 heavy (non-hydrogen) atoms. The van der Waals surface area contributed by atoms with Crippen LogP contribution >= 0.6 is 24.0 Å². The van der Waals surface area contributed by atoms with Crippen LogP contribution in [0.15, 0.2) is 41.5 Å². The summed E-state index contributed by atoms with van der Waals surface area (Å²) < 4.78 is 7.06. The first-order valence-corrected chi connectivity index (χ1v) is 9.31. The minimum absolute atomic E-state index is 0. The molecule has 1 aliphatic carbocycles. The number of nitrogens with one attached hydrogen (secondary N) is 2. The lowest BCUT2D eigenvalue weighted by Crippen LogP contribution is -2.46. The molecule has 7 heteroatoms. The van der Waals surface area contributed by atoms with Gasteiger partial charge in [0.25, 0.3) is 0 Å². The van der Waals surface area contributed by atoms with Crippen LogP contribution in [0.25, 0.3) is 5.69 Å². The Bertz CT molecular complexity index is 732. The number of hydrogen-bond acceptors (Lipinski definition) is 3. The average molecular weight is 483 g/mol. The third kappa shape index (κ3) is 5.37. The quantitative estimate of drug-likeness (QED) is 0.358. The smallest absolute Gasteiger partial charge is 0.191 e. The number of aliphatic imine (C=N–C) groups is 1. The highest BCUT2D eigenvalue weighted by molar-refractivity contribution is 14.0. The summed E-state index contributed by atoms with van der Waals surface area (Å²) in [6.45, 7) is 3.91. The van der Waals surface area contributed by atoms with Gasteiger partial charge in [0.1, 0.15) is 5.75 Å². The number of nitrogens with zero attached hydrogens (tertiary/aromatic N) is 3. The van der Waals surface area contributed by atoms with E-state index in [-0.39, 0.29) is 24.0 Å². The molecule has 0 radical (unpaired) electrons. The molecule has 1 aromatic heterocycles. The van der Waals surface area contributed by atoms with Crippen LogP contribution in [0, 0.1) is 5.41 Å². The van der Waals surface area contributed by atoms with Gasteiger partial charge in [0.2, 0.25) is 0 Å². The van der Waals surface area contributed by atoms with Gasteiger partial charge in [0.15, 0.2) is 5.96 Å². The summed E-state index contributed by atoms with van der Waals surface area (Å²) in [7, 11) is 3.48. The van der Waals surface area contributed by atoms with Crippen molar-refractivity contribution in [3.63, 3.8) is 0 Å². The molecular weight excluding hydrogens is 453 g/mol. The van der Waals surface area contributed by atoms with Gasteiger partial charge in [0, 0.05) is 19.8 Å². The second kappa shape index (κ2) is 9.96. The highest BCUT2D eigenvalue weighted by Gasteiger charge is 2.34. The number of halogens is 1. The molecule has 2 aromatic rings. The van der Waals surface area contributed by atoms with Gasteiger partial charge in [-0.3, -0.25) is 4.99 Å². The summed E-state index contributed by atoms with van der Waals surface area (Å²) in [6, 6.07) is 9.87. The Labute approximate surface area is 178 Å². The van der Waals surface area contributed by atoms with E-state index in [4.69, 9.17) is 4.74 Å². The van der Waals surface area contributed by atoms with Crippen LogP contribution in [0.5, 0.6) is 5.75 Å². The van der Waals surface area contributed by atoms with Crippen molar-refractivity contribution in [2.75, 3.05) is 20.7 Å². The molecule has 0 aliphatic heterocycles. The number of hydrogen-bond donors (Lipinski definition) is 2. The fourth-order valence-electron chi connectivity index (χ4n) is 3.33. The predicted octanol–water partition coefficient (Wildman–Crippen LogP) is 3.74. The van der Waals surface area contributed by atoms with Crippen molar-refractivity contribution in [1.29, 1.82) is 0 Å². The fourth-order valence-corrected chi connectivity index (χ4v) is 3.33. The van der Waals surface area contributed by atoms with E-state index in [1.807, 2.05) is 48.3 Å². The van der Waals surface area contributed by atoms with Gasteiger partial charge < -0.3 is 15.4 Å². The fraction of sp³-hybridized carbons (Fsp3) is 0.500. The van der Waals surface area contributed by atoms with Gasteiger partial charge in [-0.05, 0) is 55.0 Å². The molecule has 0 saturated heterocycles. The van der Waals surface area contributed by atoms with Gasteiger partial charge in [-0.2, -0.15) is 5.10 Å². The lowest BCUT2D eigenvalue weighted by Gasteiger charge is -2.41. The van der Waals surface area contributed by atoms with E-state index in [9.17, 15) is 0 Å². The number of ether oxygens (including phenoxy) is 1. The van der Waals surface area contributed by atoms with Crippen LogP contribution in [0.4, 0.5) is 0 Å². The first-order valence-electron chi connectivity index (χ1n) is 9.31. The largest absolute Gasteiger partial charge is 0.497 e. The maximum absolute atomic E-state index is 5.19. The Balaban J connectivity index is 0.00000261. The molecule has 1 fully saturated rings. The van der Waals surface area contributed by atoms with Crippen molar-refractivity contribution in [2.24, 2.45) is 10.4 Å². The van der Waals surface area contributed by atoms with Crippen molar-refractivity contribution in [2.45, 2.75) is 39.2 Å². The predicted molar refractivity (Wildman–Crippen MR) is 120 cm³/mol. The van der Waals surface area contributed by atoms with E-state index in [2.05, 4.69) is 27.6 Å². The summed E-state index contributed by atoms with van der Waals surface area (Å²) in [5.74, 6) is 1.68. The topological polar surface area (TPSA) is 63.5 Å². The highest BCUT2D eigenvalue weighted by Crippen LogP contribution is 2.42. The van der Waals surface area contributed by atoms with E-state index >= 15 is 0 Å². The molecule has 0 unspecified atom stereocenters. The van der Waals surface area contributed by atoms with Gasteiger partial charge in [-0.25, -0.2) is 4.68 Å². The zero-order valence-corrected chi connectivity index (χ0v) is 18.7. The molecule has 0 atom stereocenters. The van der Waals surface area contributed by atoms with Crippen LogP contribution in [0.2, 0.25) is 0 Å². The van der Waals surface area contributed by atoms with Gasteiger partial charge in [0.05, 0.1) is 25.0 Å². The maximum atomic E-state index is 5.19. The maximum Gasteiger partial charge on any atom is 0.191 e. The molecule has 0 spiro atoms. The van der Waals surface area contributed by atoms with Crippen molar-refractivity contribution in [1.82, 2.24) is 20.4 Å². The zero-order chi connectivity index (χ0) is 18.4. The van der Waals surface area contributed by atoms with Crippen molar-refractivity contribution >= 4 is 29.9 Å². The van der Waals surface area contributed by atoms with E-state index in [1.54, 1.807) is 7.11 Å². The minimum atomic E-state index is 0. The molecule has 1 aliphatic rings. The van der Waals surface area contributed by atoms with Crippen molar-refractivity contribution in [3.8, 4) is 11.4 Å². The summed E-state index contributed by atoms with van der Waals surface area (Å²) in [4.78, 5) is 4.33. The minimum Gasteiger partial charge on any atom is -0.497 e. The monoisotopic (exact) mass is 483 g/mol. The summed E-state index contributed by atoms with van der Waals surface area (Å²) in [5.41, 5.74) is 2.44. The average Bonchev–Trinajstić information content (AvgIpc) is 3.12. The van der Waals surface area contributed by atoms with E-state index < -0.39 is 0 Å². The van der Waals surface area contributed by atoms with Crippen LogP contribution < -0.4 is 15.4 Å². The Morgan fingerprint density at radius 3 is 2.52 bits per heavy atom. The molecule has 1 aromatic carbocycles. The Kier molecular flexibility index (Phi) is 7.94. The number of rotatable bonds is 7. The van der Waals surface area contributed by atoms with Crippen molar-refractivity contribution < 1.29 is 4.74 Å².